The van der Waals surface area contributed by atoms with Crippen LogP contribution in [0.25, 0.3) is 0 Å². The minimum Gasteiger partial charge on any atom is -0.265 e. The molecule has 3 fully saturated rings. The van der Waals surface area contributed by atoms with E-state index in [0.29, 0.717) is 6.42 Å². The summed E-state index contributed by atoms with van der Waals surface area (Å²) < 4.78 is 64.6. The molecular weight excluding hydrogens is 245 g/mol. The van der Waals surface area contributed by atoms with Gasteiger partial charge in [-0.2, -0.15) is 21.6 Å². The molecule has 1 aliphatic heterocycles. The quantitative estimate of drug-likeness (QED) is 0.619. The molecule has 0 aromatic carbocycles. The Labute approximate surface area is 91.1 Å². The second-order valence-electron chi connectivity index (χ2n) is 5.07. The molecule has 5 atom stereocenters. The van der Waals surface area contributed by atoms with E-state index in [-0.39, 0.29) is 18.3 Å². The minimum atomic E-state index is -4.72. The van der Waals surface area contributed by atoms with Gasteiger partial charge in [0.1, 0.15) is 0 Å². The van der Waals surface area contributed by atoms with E-state index in [1.54, 1.807) is 6.92 Å². The maximum atomic E-state index is 13.1. The Morgan fingerprint density at radius 2 is 2.00 bits per heavy atom. The standard InChI is InChI=1S/C9H11F3O3S/c1-4-5-2-6-7(4)15-16(13,14)8(6,3-5)9(10,11)12/h4-7H,2-3H2,1H3. The fraction of sp³-hybridized carbons (Fsp3) is 1.00. The van der Waals surface area contributed by atoms with E-state index < -0.39 is 33.1 Å². The van der Waals surface area contributed by atoms with Crippen molar-refractivity contribution in [3.05, 3.63) is 0 Å². The fourth-order valence-electron chi connectivity index (χ4n) is 3.72. The van der Waals surface area contributed by atoms with Crippen molar-refractivity contribution in [3.8, 4) is 0 Å². The number of halogens is 3. The van der Waals surface area contributed by atoms with Gasteiger partial charge in [-0.3, -0.25) is 4.18 Å². The molecule has 1 saturated heterocycles. The van der Waals surface area contributed by atoms with E-state index in [4.69, 9.17) is 4.18 Å². The summed E-state index contributed by atoms with van der Waals surface area (Å²) in [6, 6.07) is 0. The Bertz CT molecular complexity index is 443. The molecule has 0 aromatic rings. The van der Waals surface area contributed by atoms with Gasteiger partial charge in [-0.1, -0.05) is 6.92 Å². The van der Waals surface area contributed by atoms with Gasteiger partial charge in [-0.05, 0) is 24.7 Å². The summed E-state index contributed by atoms with van der Waals surface area (Å²) >= 11 is 0. The Balaban J connectivity index is 2.20. The highest BCUT2D eigenvalue weighted by Gasteiger charge is 2.81. The zero-order valence-electron chi connectivity index (χ0n) is 8.49. The third-order valence-corrected chi connectivity index (χ3v) is 6.61. The third kappa shape index (κ3) is 0.895. The molecule has 0 spiro atoms. The first kappa shape index (κ1) is 10.8. The second kappa shape index (κ2) is 2.58. The number of hydrogen-bond donors (Lipinski definition) is 0. The monoisotopic (exact) mass is 256 g/mol. The zero-order chi connectivity index (χ0) is 11.9. The van der Waals surface area contributed by atoms with Crippen LogP contribution in [0.4, 0.5) is 13.2 Å². The molecule has 5 unspecified atom stereocenters. The molecule has 0 N–H and O–H groups in total. The highest BCUT2D eigenvalue weighted by molar-refractivity contribution is 7.88. The lowest BCUT2D eigenvalue weighted by Gasteiger charge is -2.32. The average Bonchev–Trinajstić information content (AvgIpc) is 2.66. The Morgan fingerprint density at radius 3 is 2.50 bits per heavy atom. The molecule has 7 heteroatoms. The van der Waals surface area contributed by atoms with Crippen LogP contribution in [0.15, 0.2) is 0 Å². The van der Waals surface area contributed by atoms with Crippen molar-refractivity contribution in [3.63, 3.8) is 0 Å². The second-order valence-corrected chi connectivity index (χ2v) is 6.90. The van der Waals surface area contributed by atoms with Crippen LogP contribution >= 0.6 is 0 Å². The topological polar surface area (TPSA) is 43.4 Å². The number of hydrogen-bond acceptors (Lipinski definition) is 3. The van der Waals surface area contributed by atoms with Crippen LogP contribution in [0, 0.1) is 17.8 Å². The Kier molecular flexibility index (Phi) is 1.75. The van der Waals surface area contributed by atoms with Gasteiger partial charge in [-0.15, -0.1) is 0 Å². The lowest BCUT2D eigenvalue weighted by molar-refractivity contribution is -0.173. The van der Waals surface area contributed by atoms with Gasteiger partial charge in [0.2, 0.25) is 0 Å². The van der Waals surface area contributed by atoms with E-state index in [1.807, 2.05) is 0 Å². The van der Waals surface area contributed by atoms with Crippen LogP contribution in [-0.4, -0.2) is 25.4 Å². The molecule has 2 aliphatic carbocycles. The highest BCUT2D eigenvalue weighted by atomic mass is 32.2. The first-order valence-electron chi connectivity index (χ1n) is 5.20. The summed E-state index contributed by atoms with van der Waals surface area (Å²) in [5, 5.41) is 0. The largest absolute Gasteiger partial charge is 0.410 e. The summed E-state index contributed by atoms with van der Waals surface area (Å²) in [6.07, 6.45) is -5.48. The van der Waals surface area contributed by atoms with Crippen LogP contribution < -0.4 is 0 Å². The van der Waals surface area contributed by atoms with E-state index in [1.165, 1.54) is 0 Å². The van der Waals surface area contributed by atoms with Crippen LogP contribution in [0.1, 0.15) is 19.8 Å². The minimum absolute atomic E-state index is 0.0854. The van der Waals surface area contributed by atoms with Crippen molar-refractivity contribution in [1.29, 1.82) is 0 Å². The van der Waals surface area contributed by atoms with Crippen molar-refractivity contribution in [2.24, 2.45) is 17.8 Å². The van der Waals surface area contributed by atoms with Gasteiger partial charge in [0.25, 0.3) is 10.1 Å². The van der Waals surface area contributed by atoms with Crippen molar-refractivity contribution >= 4 is 10.1 Å². The van der Waals surface area contributed by atoms with E-state index in [9.17, 15) is 21.6 Å². The van der Waals surface area contributed by atoms with Gasteiger partial charge in [0.05, 0.1) is 6.10 Å². The summed E-state index contributed by atoms with van der Waals surface area (Å²) in [7, 11) is -4.51. The molecule has 3 nitrogen and oxygen atoms in total. The molecule has 2 bridgehead atoms. The fourth-order valence-corrected chi connectivity index (χ4v) is 5.79. The van der Waals surface area contributed by atoms with Crippen molar-refractivity contribution in [2.75, 3.05) is 0 Å². The van der Waals surface area contributed by atoms with Crippen LogP contribution in [0.3, 0.4) is 0 Å². The molecule has 16 heavy (non-hydrogen) atoms. The normalized spacial score (nSPS) is 53.5. The lowest BCUT2D eigenvalue weighted by Crippen LogP contribution is -2.53. The first-order chi connectivity index (χ1) is 7.21. The van der Waals surface area contributed by atoms with Gasteiger partial charge in [-0.25, -0.2) is 0 Å². The van der Waals surface area contributed by atoms with Crippen LogP contribution in [0.5, 0.6) is 0 Å². The van der Waals surface area contributed by atoms with E-state index in [0.717, 1.165) is 0 Å². The predicted octanol–water partition coefficient (Wildman–Crippen LogP) is 1.69. The van der Waals surface area contributed by atoms with Crippen molar-refractivity contribution in [2.45, 2.75) is 36.8 Å². The summed E-state index contributed by atoms with van der Waals surface area (Å²) in [5.74, 6) is -1.15. The molecule has 1 heterocycles. The number of fused-ring (bicyclic) bond motifs is 1. The van der Waals surface area contributed by atoms with Gasteiger partial charge >= 0.3 is 6.18 Å². The summed E-state index contributed by atoms with van der Waals surface area (Å²) in [6.45, 7) is 1.77. The molecule has 3 aliphatic rings. The maximum Gasteiger partial charge on any atom is 0.410 e. The molecule has 0 radical (unpaired) electrons. The summed E-state index contributed by atoms with van der Waals surface area (Å²) in [4.78, 5) is 0. The predicted molar refractivity (Wildman–Crippen MR) is 48.0 cm³/mol. The van der Waals surface area contributed by atoms with E-state index >= 15 is 0 Å². The number of alkyl halides is 3. The first-order valence-corrected chi connectivity index (χ1v) is 6.61. The smallest absolute Gasteiger partial charge is 0.265 e. The van der Waals surface area contributed by atoms with E-state index in [2.05, 4.69) is 0 Å². The maximum absolute atomic E-state index is 13.1. The Hall–Kier alpha value is -0.300. The van der Waals surface area contributed by atoms with Crippen LogP contribution in [-0.2, 0) is 14.3 Å². The van der Waals surface area contributed by atoms with Gasteiger partial charge in [0, 0.05) is 5.92 Å². The van der Waals surface area contributed by atoms with Crippen molar-refractivity contribution < 1.29 is 25.8 Å². The molecule has 0 aromatic heterocycles. The average molecular weight is 256 g/mol. The molecule has 0 amide bonds. The zero-order valence-corrected chi connectivity index (χ0v) is 9.31. The highest BCUT2D eigenvalue weighted by Crippen LogP contribution is 2.67. The summed E-state index contributed by atoms with van der Waals surface area (Å²) in [5.41, 5.74) is 0. The number of rotatable bonds is 0. The Morgan fingerprint density at radius 1 is 1.38 bits per heavy atom. The SMILES string of the molecule is CC1C2CC3C1OS(=O)(=O)C3(C(F)(F)F)C2. The van der Waals surface area contributed by atoms with Crippen LogP contribution in [0.2, 0.25) is 0 Å². The van der Waals surface area contributed by atoms with Gasteiger partial charge in [0.15, 0.2) is 4.75 Å². The lowest BCUT2D eigenvalue weighted by atomic mass is 9.80. The van der Waals surface area contributed by atoms with Crippen molar-refractivity contribution in [1.82, 2.24) is 0 Å². The van der Waals surface area contributed by atoms with Gasteiger partial charge < -0.3 is 0 Å². The molecule has 3 rings (SSSR count). The molecular formula is C9H11F3O3S. The molecule has 2 saturated carbocycles. The third-order valence-electron chi connectivity index (χ3n) is 4.54. The molecule has 92 valence electrons.